The van der Waals surface area contributed by atoms with Crippen LogP contribution in [0.1, 0.15) is 60.5 Å². The van der Waals surface area contributed by atoms with E-state index in [2.05, 4.69) is 38.1 Å². The van der Waals surface area contributed by atoms with Gasteiger partial charge in [0.15, 0.2) is 0 Å². The number of rotatable bonds is 6. The number of H-pyrrole nitrogens is 2. The lowest BCUT2D eigenvalue weighted by atomic mass is 9.89. The third-order valence-electron chi connectivity index (χ3n) is 8.43. The Morgan fingerprint density at radius 2 is 1.86 bits per heavy atom. The highest BCUT2D eigenvalue weighted by molar-refractivity contribution is 6.31. The molecule has 4 heterocycles. The first kappa shape index (κ1) is 24.4. The molecule has 2 aromatic heterocycles. The molecule has 1 atom stereocenters. The van der Waals surface area contributed by atoms with Gasteiger partial charge in [-0.2, -0.15) is 0 Å². The van der Waals surface area contributed by atoms with Crippen molar-refractivity contribution in [1.29, 1.82) is 0 Å². The van der Waals surface area contributed by atoms with Gasteiger partial charge in [0.1, 0.15) is 11.4 Å². The van der Waals surface area contributed by atoms with Gasteiger partial charge in [-0.25, -0.2) is 0 Å². The standard InChI is InChI=1S/C30H35ClN4O2/c1-37-24-6-8-27-21(16-24)17-29(33-27)30(36)35-12-3-2-4-23(35)11-15-34-13-9-20(10-14-34)26-19-32-28-7-5-22(31)18-25(26)28/h5-8,16-20,23,32-33H,2-4,9-15H2,1H3. The number of ether oxygens (including phenoxy) is 1. The van der Waals surface area contributed by atoms with Gasteiger partial charge in [0.2, 0.25) is 0 Å². The van der Waals surface area contributed by atoms with Gasteiger partial charge in [0, 0.05) is 52.2 Å². The minimum absolute atomic E-state index is 0.122. The van der Waals surface area contributed by atoms with E-state index in [-0.39, 0.29) is 5.91 Å². The number of amides is 1. The van der Waals surface area contributed by atoms with Crippen LogP contribution in [0.3, 0.4) is 0 Å². The first-order chi connectivity index (χ1) is 18.1. The van der Waals surface area contributed by atoms with Gasteiger partial charge in [-0.3, -0.25) is 4.79 Å². The number of aromatic amines is 2. The molecule has 194 valence electrons. The zero-order chi connectivity index (χ0) is 25.4. The van der Waals surface area contributed by atoms with Crippen LogP contribution in [0.5, 0.6) is 5.75 Å². The Kier molecular flexibility index (Phi) is 6.87. The third-order valence-corrected chi connectivity index (χ3v) is 8.66. The normalized spacial score (nSPS) is 19.6. The second kappa shape index (κ2) is 10.4. The Labute approximate surface area is 222 Å². The van der Waals surface area contributed by atoms with E-state index < -0.39 is 0 Å². The molecule has 2 N–H and O–H groups in total. The number of benzene rings is 2. The molecule has 1 amide bonds. The molecular formula is C30H35ClN4O2. The number of aromatic nitrogens is 2. The third kappa shape index (κ3) is 4.97. The van der Waals surface area contributed by atoms with E-state index in [4.69, 9.17) is 16.3 Å². The lowest BCUT2D eigenvalue weighted by Crippen LogP contribution is -2.46. The number of carbonyl (C=O) groups is 1. The lowest BCUT2D eigenvalue weighted by molar-refractivity contribution is 0.0573. The van der Waals surface area contributed by atoms with E-state index >= 15 is 0 Å². The van der Waals surface area contributed by atoms with Crippen LogP contribution < -0.4 is 4.74 Å². The van der Waals surface area contributed by atoms with Crippen molar-refractivity contribution in [3.05, 3.63) is 64.9 Å². The molecule has 0 saturated carbocycles. The highest BCUT2D eigenvalue weighted by Crippen LogP contribution is 2.34. The molecule has 2 saturated heterocycles. The van der Waals surface area contributed by atoms with E-state index in [1.165, 1.54) is 17.4 Å². The molecule has 4 aromatic rings. The zero-order valence-electron chi connectivity index (χ0n) is 21.4. The monoisotopic (exact) mass is 518 g/mol. The molecule has 2 fully saturated rings. The fourth-order valence-electron chi connectivity index (χ4n) is 6.33. The summed E-state index contributed by atoms with van der Waals surface area (Å²) in [6.07, 6.45) is 8.89. The summed E-state index contributed by atoms with van der Waals surface area (Å²) in [5.41, 5.74) is 4.21. The van der Waals surface area contributed by atoms with Crippen molar-refractivity contribution in [2.75, 3.05) is 33.3 Å². The average Bonchev–Trinajstić information content (AvgIpc) is 3.55. The Morgan fingerprint density at radius 3 is 2.70 bits per heavy atom. The molecule has 0 aliphatic carbocycles. The molecule has 37 heavy (non-hydrogen) atoms. The van der Waals surface area contributed by atoms with Crippen LogP contribution in [-0.4, -0.2) is 65.0 Å². The number of methoxy groups -OCH3 is 1. The van der Waals surface area contributed by atoms with E-state index in [1.807, 2.05) is 30.3 Å². The van der Waals surface area contributed by atoms with E-state index in [1.54, 1.807) is 7.11 Å². The van der Waals surface area contributed by atoms with Crippen molar-refractivity contribution >= 4 is 39.3 Å². The van der Waals surface area contributed by atoms with Crippen LogP contribution in [0.2, 0.25) is 5.02 Å². The van der Waals surface area contributed by atoms with Gasteiger partial charge in [-0.15, -0.1) is 0 Å². The fourth-order valence-corrected chi connectivity index (χ4v) is 6.50. The highest BCUT2D eigenvalue weighted by Gasteiger charge is 2.30. The number of hydrogen-bond donors (Lipinski definition) is 2. The van der Waals surface area contributed by atoms with Crippen LogP contribution in [0, 0.1) is 0 Å². The maximum Gasteiger partial charge on any atom is 0.270 e. The number of fused-ring (bicyclic) bond motifs is 2. The topological polar surface area (TPSA) is 64.4 Å². The molecule has 7 heteroatoms. The number of nitrogens with zero attached hydrogens (tertiary/aromatic N) is 2. The molecular weight excluding hydrogens is 484 g/mol. The van der Waals surface area contributed by atoms with Gasteiger partial charge in [0.25, 0.3) is 5.91 Å². The van der Waals surface area contributed by atoms with Crippen LogP contribution >= 0.6 is 11.6 Å². The fraction of sp³-hybridized carbons (Fsp3) is 0.433. The van der Waals surface area contributed by atoms with Crippen molar-refractivity contribution in [1.82, 2.24) is 19.8 Å². The molecule has 2 aliphatic rings. The number of halogens is 1. The molecule has 2 aliphatic heterocycles. The maximum atomic E-state index is 13.5. The molecule has 0 radical (unpaired) electrons. The second-order valence-corrected chi connectivity index (χ2v) is 11.1. The SMILES string of the molecule is COc1ccc2[nH]c(C(=O)N3CCCCC3CCN3CCC(c4c[nH]c5ccc(Cl)cc45)CC3)cc2c1. The summed E-state index contributed by atoms with van der Waals surface area (Å²) in [7, 11) is 1.67. The first-order valence-electron chi connectivity index (χ1n) is 13.6. The molecule has 0 spiro atoms. The predicted octanol–water partition coefficient (Wildman–Crippen LogP) is 6.58. The van der Waals surface area contributed by atoms with E-state index in [0.717, 1.165) is 85.5 Å². The Morgan fingerprint density at radius 1 is 1.03 bits per heavy atom. The van der Waals surface area contributed by atoms with Crippen molar-refractivity contribution in [3.63, 3.8) is 0 Å². The highest BCUT2D eigenvalue weighted by atomic mass is 35.5. The summed E-state index contributed by atoms with van der Waals surface area (Å²) < 4.78 is 5.35. The van der Waals surface area contributed by atoms with Gasteiger partial charge in [0.05, 0.1) is 7.11 Å². The Bertz CT molecular complexity index is 1400. The van der Waals surface area contributed by atoms with Gasteiger partial charge in [-0.05, 0) is 106 Å². The molecule has 0 bridgehead atoms. The lowest BCUT2D eigenvalue weighted by Gasteiger charge is -2.38. The number of likely N-dealkylation sites (tertiary alicyclic amines) is 2. The van der Waals surface area contributed by atoms with Gasteiger partial charge in [-0.1, -0.05) is 11.6 Å². The van der Waals surface area contributed by atoms with E-state index in [0.29, 0.717) is 17.7 Å². The molecule has 6 rings (SSSR count). The summed E-state index contributed by atoms with van der Waals surface area (Å²) in [4.78, 5) is 25.0. The van der Waals surface area contributed by atoms with Crippen LogP contribution in [0.25, 0.3) is 21.8 Å². The summed E-state index contributed by atoms with van der Waals surface area (Å²) >= 11 is 6.27. The number of piperidine rings is 2. The Balaban J connectivity index is 1.07. The smallest absolute Gasteiger partial charge is 0.270 e. The predicted molar refractivity (Wildman–Crippen MR) is 150 cm³/mol. The van der Waals surface area contributed by atoms with Crippen LogP contribution in [0.4, 0.5) is 0 Å². The van der Waals surface area contributed by atoms with Crippen molar-refractivity contribution in [2.45, 2.75) is 50.5 Å². The largest absolute Gasteiger partial charge is 0.497 e. The molecule has 1 unspecified atom stereocenters. The van der Waals surface area contributed by atoms with Crippen molar-refractivity contribution in [2.24, 2.45) is 0 Å². The summed E-state index contributed by atoms with van der Waals surface area (Å²) in [6.45, 7) is 4.09. The second-order valence-electron chi connectivity index (χ2n) is 10.6. The number of hydrogen-bond acceptors (Lipinski definition) is 3. The zero-order valence-corrected chi connectivity index (χ0v) is 22.2. The molecule has 6 nitrogen and oxygen atoms in total. The maximum absolute atomic E-state index is 13.5. The summed E-state index contributed by atoms with van der Waals surface area (Å²) in [6, 6.07) is 14.3. The van der Waals surface area contributed by atoms with Crippen molar-refractivity contribution < 1.29 is 9.53 Å². The minimum atomic E-state index is 0.122. The number of carbonyl (C=O) groups excluding carboxylic acids is 1. The van der Waals surface area contributed by atoms with Gasteiger partial charge >= 0.3 is 0 Å². The minimum Gasteiger partial charge on any atom is -0.497 e. The Hall–Kier alpha value is -2.96. The van der Waals surface area contributed by atoms with Gasteiger partial charge < -0.3 is 24.5 Å². The number of nitrogens with one attached hydrogen (secondary N) is 2. The molecule has 2 aromatic carbocycles. The average molecular weight is 519 g/mol. The summed E-state index contributed by atoms with van der Waals surface area (Å²) in [5, 5.41) is 3.07. The van der Waals surface area contributed by atoms with E-state index in [9.17, 15) is 4.79 Å². The van der Waals surface area contributed by atoms with Crippen LogP contribution in [0.15, 0.2) is 48.7 Å². The summed E-state index contributed by atoms with van der Waals surface area (Å²) in [5.74, 6) is 1.49. The quantitative estimate of drug-likeness (QED) is 0.303. The van der Waals surface area contributed by atoms with Crippen molar-refractivity contribution in [3.8, 4) is 5.75 Å². The first-order valence-corrected chi connectivity index (χ1v) is 13.9. The van der Waals surface area contributed by atoms with Crippen LogP contribution in [-0.2, 0) is 0 Å².